The second kappa shape index (κ2) is 11.7. The summed E-state index contributed by atoms with van der Waals surface area (Å²) in [7, 11) is -11.1. The lowest BCUT2D eigenvalue weighted by molar-refractivity contribution is 0.0726. The third-order valence-electron chi connectivity index (χ3n) is 4.27. The van der Waals surface area contributed by atoms with Gasteiger partial charge in [-0.15, -0.1) is 0 Å². The van der Waals surface area contributed by atoms with Crippen molar-refractivity contribution in [1.82, 2.24) is 4.23 Å². The van der Waals surface area contributed by atoms with E-state index in [1.807, 2.05) is 20.8 Å². The molecule has 0 bridgehead atoms. The summed E-state index contributed by atoms with van der Waals surface area (Å²) in [6.07, 6.45) is 0.993. The molecule has 0 N–H and O–H groups in total. The third-order valence-corrected chi connectivity index (χ3v) is 21.0. The van der Waals surface area contributed by atoms with E-state index in [0.29, 0.717) is 38.3 Å². The lowest BCUT2D eigenvalue weighted by Crippen LogP contribution is -2.59. The van der Waals surface area contributed by atoms with Crippen molar-refractivity contribution < 1.29 is 22.1 Å². The Morgan fingerprint density at radius 1 is 0.724 bits per heavy atom. The molecule has 0 saturated carbocycles. The van der Waals surface area contributed by atoms with Crippen molar-refractivity contribution in [1.29, 1.82) is 0 Å². The minimum Gasteiger partial charge on any atom is -0.374 e. The molecule has 0 heterocycles. The van der Waals surface area contributed by atoms with Crippen LogP contribution in [0.1, 0.15) is 20.8 Å². The van der Waals surface area contributed by atoms with Gasteiger partial charge in [0.1, 0.15) is 16.5 Å². The van der Waals surface area contributed by atoms with Crippen LogP contribution in [0.25, 0.3) is 0 Å². The van der Waals surface area contributed by atoms with E-state index >= 15 is 0 Å². The third kappa shape index (κ3) is 11.4. The van der Waals surface area contributed by atoms with E-state index in [1.165, 1.54) is 0 Å². The van der Waals surface area contributed by atoms with Gasteiger partial charge in [0.2, 0.25) is 7.37 Å². The molecular formula is C18H48NO5PSi4. The molecule has 6 nitrogen and oxygen atoms in total. The number of nitrogens with zero attached hydrogens (tertiary/aromatic N) is 1. The number of hydrogen-bond acceptors (Lipinski definition) is 6. The van der Waals surface area contributed by atoms with Crippen molar-refractivity contribution in [2.45, 2.75) is 85.7 Å². The lowest BCUT2D eigenvalue weighted by atomic mass is 10.9. The lowest BCUT2D eigenvalue weighted by Gasteiger charge is -2.46. The van der Waals surface area contributed by atoms with Gasteiger partial charge in [0, 0.05) is 32.0 Å². The fraction of sp³-hybridized carbons (Fsp3) is 1.00. The standard InChI is InChI=1S/C18H48NO5PSi4/c1-13-21-29(22-14-2,23-15-3)17-16-25(20,24-28(10,11)12)18-19(26(4,5)6)27(7,8)9/h13-18H2,1-12H3. The minimum atomic E-state index is -2.91. The van der Waals surface area contributed by atoms with E-state index in [0.717, 1.165) is 0 Å². The van der Waals surface area contributed by atoms with Crippen LogP contribution in [0.4, 0.5) is 0 Å². The van der Waals surface area contributed by atoms with E-state index < -0.39 is 41.0 Å². The highest BCUT2D eigenvalue weighted by atomic mass is 31.2. The first-order valence-electron chi connectivity index (χ1n) is 10.9. The first-order chi connectivity index (χ1) is 12.9. The Morgan fingerprint density at radius 3 is 1.38 bits per heavy atom. The van der Waals surface area contributed by atoms with Crippen molar-refractivity contribution in [3.63, 3.8) is 0 Å². The average Bonchev–Trinajstić information content (AvgIpc) is 2.48. The molecule has 0 aliphatic carbocycles. The molecule has 0 aliphatic heterocycles. The molecule has 0 spiro atoms. The number of hydrogen-bond donors (Lipinski definition) is 0. The summed E-state index contributed by atoms with van der Waals surface area (Å²) in [5.74, 6) is 0. The Balaban J connectivity index is 5.88. The zero-order chi connectivity index (χ0) is 23.1. The molecule has 0 aromatic heterocycles. The van der Waals surface area contributed by atoms with Crippen molar-refractivity contribution >= 4 is 41.0 Å². The van der Waals surface area contributed by atoms with E-state index in [2.05, 4.69) is 63.2 Å². The maximum absolute atomic E-state index is 14.3. The second-order valence-corrected chi connectivity index (χ2v) is 30.6. The molecule has 176 valence electrons. The fourth-order valence-electron chi connectivity index (χ4n) is 3.60. The van der Waals surface area contributed by atoms with Crippen molar-refractivity contribution in [3.8, 4) is 0 Å². The van der Waals surface area contributed by atoms with E-state index in [9.17, 15) is 4.57 Å². The van der Waals surface area contributed by atoms with Crippen molar-refractivity contribution in [2.75, 3.05) is 32.3 Å². The topological polar surface area (TPSA) is 57.2 Å². The van der Waals surface area contributed by atoms with E-state index in [4.69, 9.17) is 17.5 Å². The van der Waals surface area contributed by atoms with Crippen LogP contribution in [0.2, 0.25) is 65.0 Å². The van der Waals surface area contributed by atoms with E-state index in [-0.39, 0.29) is 0 Å². The predicted molar refractivity (Wildman–Crippen MR) is 136 cm³/mol. The fourth-order valence-corrected chi connectivity index (χ4v) is 26.0. The molecule has 0 radical (unpaired) electrons. The quantitative estimate of drug-likeness (QED) is 0.200. The molecule has 11 heteroatoms. The van der Waals surface area contributed by atoms with Gasteiger partial charge in [-0.05, 0) is 40.4 Å². The summed E-state index contributed by atoms with van der Waals surface area (Å²) in [6, 6.07) is 0.537. The van der Waals surface area contributed by atoms with Crippen LogP contribution in [-0.2, 0) is 22.1 Å². The van der Waals surface area contributed by atoms with Gasteiger partial charge in [0.25, 0.3) is 0 Å². The molecular weight excluding hydrogens is 454 g/mol. The summed E-state index contributed by atoms with van der Waals surface area (Å²) in [6.45, 7) is 27.8. The Morgan fingerprint density at radius 2 is 1.10 bits per heavy atom. The van der Waals surface area contributed by atoms with Crippen molar-refractivity contribution in [3.05, 3.63) is 0 Å². The van der Waals surface area contributed by atoms with Crippen LogP contribution in [0.3, 0.4) is 0 Å². The van der Waals surface area contributed by atoms with Gasteiger partial charge in [-0.3, -0.25) is 4.57 Å². The van der Waals surface area contributed by atoms with Crippen LogP contribution in [0.15, 0.2) is 0 Å². The van der Waals surface area contributed by atoms with Crippen LogP contribution in [-0.4, -0.2) is 70.1 Å². The Hall–Kier alpha value is 0.898. The highest BCUT2D eigenvalue weighted by molar-refractivity contribution is 7.60. The van der Waals surface area contributed by atoms with Gasteiger partial charge in [-0.2, -0.15) is 0 Å². The zero-order valence-corrected chi connectivity index (χ0v) is 26.1. The van der Waals surface area contributed by atoms with Gasteiger partial charge >= 0.3 is 8.80 Å². The Kier molecular flexibility index (Phi) is 12.0. The van der Waals surface area contributed by atoms with Crippen LogP contribution >= 0.6 is 7.37 Å². The van der Waals surface area contributed by atoms with Gasteiger partial charge in [-0.25, -0.2) is 0 Å². The first kappa shape index (κ1) is 29.9. The van der Waals surface area contributed by atoms with Gasteiger partial charge in [0.05, 0.1) is 6.29 Å². The molecule has 1 atom stereocenters. The van der Waals surface area contributed by atoms with Crippen LogP contribution in [0, 0.1) is 0 Å². The highest BCUT2D eigenvalue weighted by Gasteiger charge is 2.46. The molecule has 0 aromatic carbocycles. The van der Waals surface area contributed by atoms with Crippen LogP contribution < -0.4 is 0 Å². The Labute approximate surface area is 185 Å². The normalized spacial score (nSPS) is 16.3. The maximum Gasteiger partial charge on any atom is 0.501 e. The molecule has 29 heavy (non-hydrogen) atoms. The van der Waals surface area contributed by atoms with Crippen molar-refractivity contribution in [2.24, 2.45) is 0 Å². The Bertz CT molecular complexity index is 501. The molecule has 0 saturated heterocycles. The van der Waals surface area contributed by atoms with E-state index in [1.54, 1.807) is 0 Å². The van der Waals surface area contributed by atoms with Gasteiger partial charge < -0.3 is 21.7 Å². The second-order valence-electron chi connectivity index (χ2n) is 10.4. The molecule has 0 rings (SSSR count). The average molecular weight is 502 g/mol. The van der Waals surface area contributed by atoms with Gasteiger partial charge in [-0.1, -0.05) is 39.3 Å². The smallest absolute Gasteiger partial charge is 0.374 e. The summed E-state index contributed by atoms with van der Waals surface area (Å²) in [4.78, 5) is 0. The molecule has 0 fully saturated rings. The first-order valence-corrected chi connectivity index (χ1v) is 25.1. The molecule has 0 amide bonds. The summed E-state index contributed by atoms with van der Waals surface area (Å²) >= 11 is 0. The predicted octanol–water partition coefficient (Wildman–Crippen LogP) is 6.09. The molecule has 1 unspecified atom stereocenters. The summed E-state index contributed by atoms with van der Waals surface area (Å²) in [5.41, 5.74) is 0. The minimum absolute atomic E-state index is 0.453. The van der Waals surface area contributed by atoms with Crippen LogP contribution in [0.5, 0.6) is 0 Å². The molecule has 0 aromatic rings. The zero-order valence-electron chi connectivity index (χ0n) is 21.2. The van der Waals surface area contributed by atoms with Gasteiger partial charge in [0.15, 0.2) is 8.32 Å². The maximum atomic E-state index is 14.3. The summed E-state index contributed by atoms with van der Waals surface area (Å²) < 4.78 is 41.3. The monoisotopic (exact) mass is 501 g/mol. The molecule has 0 aliphatic rings. The highest BCUT2D eigenvalue weighted by Crippen LogP contribution is 2.53. The number of rotatable bonds is 15. The summed E-state index contributed by atoms with van der Waals surface area (Å²) in [5, 5.41) is 0. The largest absolute Gasteiger partial charge is 0.501 e. The SMILES string of the molecule is CCO[Si](CCP(=O)(CN([Si](C)(C)C)[Si](C)(C)C)O[Si](C)(C)C)(OCC)OCC.